The molecule has 0 radical (unpaired) electrons. The molecule has 1 aliphatic heterocycles. The summed E-state index contributed by atoms with van der Waals surface area (Å²) in [5.74, 6) is 0.276. The van der Waals surface area contributed by atoms with Crippen LogP contribution in [0.2, 0.25) is 0 Å². The zero-order valence-corrected chi connectivity index (χ0v) is 8.85. The molecule has 0 N–H and O–H groups in total. The smallest absolute Gasteiger partial charge is 0.222 e. The van der Waals surface area contributed by atoms with Crippen molar-refractivity contribution < 1.29 is 4.79 Å². The molecule has 1 aromatic rings. The van der Waals surface area contributed by atoms with Crippen molar-refractivity contribution in [1.82, 2.24) is 9.88 Å². The van der Waals surface area contributed by atoms with Gasteiger partial charge in [-0.05, 0) is 31.4 Å². The van der Waals surface area contributed by atoms with Crippen LogP contribution in [0.3, 0.4) is 0 Å². The Morgan fingerprint density at radius 2 is 2.13 bits per heavy atom. The quantitative estimate of drug-likeness (QED) is 0.750. The van der Waals surface area contributed by atoms with Gasteiger partial charge in [0.2, 0.25) is 5.91 Å². The van der Waals surface area contributed by atoms with Gasteiger partial charge in [0.15, 0.2) is 0 Å². The average Bonchev–Trinajstić information content (AvgIpc) is 2.81. The van der Waals surface area contributed by atoms with Crippen molar-refractivity contribution in [3.63, 3.8) is 0 Å². The largest absolute Gasteiger partial charge is 0.343 e. The third-order valence-corrected chi connectivity index (χ3v) is 2.78. The van der Waals surface area contributed by atoms with Crippen molar-refractivity contribution in [3.8, 4) is 0 Å². The second kappa shape index (κ2) is 4.91. The van der Waals surface area contributed by atoms with Crippen molar-refractivity contribution >= 4 is 5.91 Å². The summed E-state index contributed by atoms with van der Waals surface area (Å²) >= 11 is 0. The van der Waals surface area contributed by atoms with Crippen molar-refractivity contribution in [2.45, 2.75) is 25.7 Å². The molecule has 1 aromatic heterocycles. The fourth-order valence-corrected chi connectivity index (χ4v) is 1.91. The van der Waals surface area contributed by atoms with Gasteiger partial charge in [-0.3, -0.25) is 9.78 Å². The van der Waals surface area contributed by atoms with Crippen LogP contribution in [0.1, 0.15) is 25.0 Å². The van der Waals surface area contributed by atoms with Crippen LogP contribution in [0, 0.1) is 0 Å². The van der Waals surface area contributed by atoms with E-state index in [1.165, 1.54) is 0 Å². The van der Waals surface area contributed by atoms with Crippen molar-refractivity contribution in [2.75, 3.05) is 13.1 Å². The molecule has 1 saturated heterocycles. The van der Waals surface area contributed by atoms with E-state index in [0.29, 0.717) is 6.42 Å². The van der Waals surface area contributed by atoms with Crippen molar-refractivity contribution in [1.29, 1.82) is 0 Å². The number of hydrogen-bond acceptors (Lipinski definition) is 2. The van der Waals surface area contributed by atoms with Gasteiger partial charge in [-0.1, -0.05) is 6.07 Å². The first-order valence-electron chi connectivity index (χ1n) is 5.54. The second-order valence-corrected chi connectivity index (χ2v) is 3.91. The van der Waals surface area contributed by atoms with Gasteiger partial charge in [0, 0.05) is 31.4 Å². The van der Waals surface area contributed by atoms with Gasteiger partial charge in [0.25, 0.3) is 0 Å². The van der Waals surface area contributed by atoms with Crippen LogP contribution < -0.4 is 0 Å². The molecule has 1 fully saturated rings. The van der Waals surface area contributed by atoms with Crippen LogP contribution in [-0.2, 0) is 11.2 Å². The highest BCUT2D eigenvalue weighted by Gasteiger charge is 2.17. The minimum atomic E-state index is 0.276. The highest BCUT2D eigenvalue weighted by atomic mass is 16.2. The zero-order chi connectivity index (χ0) is 10.5. The third-order valence-electron chi connectivity index (χ3n) is 2.78. The topological polar surface area (TPSA) is 33.2 Å². The van der Waals surface area contributed by atoms with Crippen LogP contribution in [0.15, 0.2) is 24.4 Å². The summed E-state index contributed by atoms with van der Waals surface area (Å²) in [4.78, 5) is 17.9. The molecule has 3 nitrogen and oxygen atoms in total. The maximum atomic E-state index is 11.7. The molecule has 0 atom stereocenters. The van der Waals surface area contributed by atoms with Crippen LogP contribution in [0.4, 0.5) is 0 Å². The Morgan fingerprint density at radius 3 is 2.80 bits per heavy atom. The molecule has 2 heterocycles. The molecule has 0 aliphatic carbocycles. The number of pyridine rings is 1. The molecular formula is C12H16N2O. The van der Waals surface area contributed by atoms with Crippen molar-refractivity contribution in [2.24, 2.45) is 0 Å². The maximum Gasteiger partial charge on any atom is 0.222 e. The van der Waals surface area contributed by atoms with Gasteiger partial charge in [-0.2, -0.15) is 0 Å². The lowest BCUT2D eigenvalue weighted by Gasteiger charge is -2.14. The summed E-state index contributed by atoms with van der Waals surface area (Å²) in [6.45, 7) is 1.89. The molecule has 0 saturated carbocycles. The second-order valence-electron chi connectivity index (χ2n) is 3.91. The molecular weight excluding hydrogens is 188 g/mol. The molecule has 3 heteroatoms. The predicted octanol–water partition coefficient (Wildman–Crippen LogP) is 1.64. The molecule has 1 aliphatic rings. The van der Waals surface area contributed by atoms with Gasteiger partial charge >= 0.3 is 0 Å². The molecule has 0 spiro atoms. The Morgan fingerprint density at radius 1 is 1.33 bits per heavy atom. The molecule has 2 rings (SSSR count). The first-order valence-corrected chi connectivity index (χ1v) is 5.54. The average molecular weight is 204 g/mol. The SMILES string of the molecule is O=C(CCc1ccccn1)N1CCCC1. The van der Waals surface area contributed by atoms with E-state index < -0.39 is 0 Å². The number of rotatable bonds is 3. The summed E-state index contributed by atoms with van der Waals surface area (Å²) in [6.07, 6.45) is 5.45. The van der Waals surface area contributed by atoms with E-state index in [-0.39, 0.29) is 5.91 Å². The number of hydrogen-bond donors (Lipinski definition) is 0. The monoisotopic (exact) mass is 204 g/mol. The molecule has 0 unspecified atom stereocenters. The number of aryl methyl sites for hydroxylation is 1. The Hall–Kier alpha value is -1.38. The van der Waals surface area contributed by atoms with Gasteiger partial charge < -0.3 is 4.90 Å². The van der Waals surface area contributed by atoms with Crippen LogP contribution in [-0.4, -0.2) is 28.9 Å². The summed E-state index contributed by atoms with van der Waals surface area (Å²) < 4.78 is 0. The van der Waals surface area contributed by atoms with E-state index in [0.717, 1.165) is 38.0 Å². The van der Waals surface area contributed by atoms with E-state index in [2.05, 4.69) is 4.98 Å². The number of nitrogens with zero attached hydrogens (tertiary/aromatic N) is 2. The lowest BCUT2D eigenvalue weighted by molar-refractivity contribution is -0.130. The minimum absolute atomic E-state index is 0.276. The highest BCUT2D eigenvalue weighted by molar-refractivity contribution is 5.76. The minimum Gasteiger partial charge on any atom is -0.343 e. The van der Waals surface area contributed by atoms with E-state index >= 15 is 0 Å². The molecule has 15 heavy (non-hydrogen) atoms. The lowest BCUT2D eigenvalue weighted by atomic mass is 10.2. The van der Waals surface area contributed by atoms with E-state index in [4.69, 9.17) is 0 Å². The van der Waals surface area contributed by atoms with E-state index in [1.54, 1.807) is 6.20 Å². The fraction of sp³-hybridized carbons (Fsp3) is 0.500. The Balaban J connectivity index is 1.80. The molecule has 0 bridgehead atoms. The molecule has 80 valence electrons. The fourth-order valence-electron chi connectivity index (χ4n) is 1.91. The number of amides is 1. The zero-order valence-electron chi connectivity index (χ0n) is 8.85. The van der Waals surface area contributed by atoms with E-state index in [1.807, 2.05) is 23.1 Å². The van der Waals surface area contributed by atoms with E-state index in [9.17, 15) is 4.79 Å². The van der Waals surface area contributed by atoms with Gasteiger partial charge in [0.1, 0.15) is 0 Å². The number of carbonyl (C=O) groups is 1. The van der Waals surface area contributed by atoms with Gasteiger partial charge in [-0.15, -0.1) is 0 Å². The summed E-state index contributed by atoms with van der Waals surface area (Å²) in [5, 5.41) is 0. The normalized spacial score (nSPS) is 15.6. The molecule has 1 amide bonds. The van der Waals surface area contributed by atoms with Crippen LogP contribution in [0.5, 0.6) is 0 Å². The first kappa shape index (κ1) is 10.1. The number of likely N-dealkylation sites (tertiary alicyclic amines) is 1. The predicted molar refractivity (Wildman–Crippen MR) is 58.4 cm³/mol. The van der Waals surface area contributed by atoms with Crippen molar-refractivity contribution in [3.05, 3.63) is 30.1 Å². The summed E-state index contributed by atoms with van der Waals surface area (Å²) in [7, 11) is 0. The summed E-state index contributed by atoms with van der Waals surface area (Å²) in [5.41, 5.74) is 1.00. The van der Waals surface area contributed by atoms with Crippen LogP contribution >= 0.6 is 0 Å². The third kappa shape index (κ3) is 2.78. The Kier molecular flexibility index (Phi) is 3.33. The Bertz CT molecular complexity index is 318. The summed E-state index contributed by atoms with van der Waals surface area (Å²) in [6, 6.07) is 5.83. The number of aromatic nitrogens is 1. The van der Waals surface area contributed by atoms with Gasteiger partial charge in [-0.25, -0.2) is 0 Å². The maximum absolute atomic E-state index is 11.7. The molecule has 0 aromatic carbocycles. The lowest BCUT2D eigenvalue weighted by Crippen LogP contribution is -2.27. The van der Waals surface area contributed by atoms with Crippen LogP contribution in [0.25, 0.3) is 0 Å². The highest BCUT2D eigenvalue weighted by Crippen LogP contribution is 2.10. The number of carbonyl (C=O) groups excluding carboxylic acids is 1. The standard InChI is InChI=1S/C12H16N2O/c15-12(14-9-3-4-10-14)7-6-11-5-1-2-8-13-11/h1-2,5,8H,3-4,6-7,9-10H2. The van der Waals surface area contributed by atoms with Gasteiger partial charge in [0.05, 0.1) is 0 Å². The first-order chi connectivity index (χ1) is 7.36. The Labute approximate surface area is 90.1 Å².